The number of pyridine rings is 1. The number of rotatable bonds is 1. The standard InChI is InChI=1S/C14H14N3/c1-11-6-3-4-7-12(11)17-10-16(2)13-8-5-9-15-14(13)17/h3-10H,1-2H3. The molecule has 1 radical (unpaired) electrons. The first-order chi connectivity index (χ1) is 8.27. The Bertz CT molecular complexity index is 551. The van der Waals surface area contributed by atoms with Crippen LogP contribution in [0.4, 0.5) is 17.2 Å². The molecule has 0 amide bonds. The lowest BCUT2D eigenvalue weighted by atomic mass is 10.2. The molecule has 1 aliphatic rings. The molecule has 0 bridgehead atoms. The van der Waals surface area contributed by atoms with Crippen LogP contribution in [0.25, 0.3) is 0 Å². The Morgan fingerprint density at radius 2 is 1.76 bits per heavy atom. The molecule has 0 saturated carbocycles. The Kier molecular flexibility index (Phi) is 2.25. The van der Waals surface area contributed by atoms with Gasteiger partial charge in [-0.3, -0.25) is 4.90 Å². The maximum absolute atomic E-state index is 4.46. The summed E-state index contributed by atoms with van der Waals surface area (Å²) in [6, 6.07) is 12.4. The second kappa shape index (κ2) is 3.77. The number of anilines is 3. The monoisotopic (exact) mass is 224 g/mol. The molecule has 0 aliphatic carbocycles. The van der Waals surface area contributed by atoms with E-state index in [4.69, 9.17) is 0 Å². The zero-order chi connectivity index (χ0) is 11.8. The molecule has 0 saturated heterocycles. The van der Waals surface area contributed by atoms with E-state index in [0.717, 1.165) is 11.5 Å². The van der Waals surface area contributed by atoms with Gasteiger partial charge in [0.15, 0.2) is 5.82 Å². The third kappa shape index (κ3) is 1.55. The molecule has 3 nitrogen and oxygen atoms in total. The van der Waals surface area contributed by atoms with E-state index in [-0.39, 0.29) is 0 Å². The fourth-order valence-electron chi connectivity index (χ4n) is 2.15. The van der Waals surface area contributed by atoms with Crippen molar-refractivity contribution >= 4 is 17.2 Å². The first-order valence-corrected chi connectivity index (χ1v) is 5.65. The van der Waals surface area contributed by atoms with Crippen molar-refractivity contribution in [1.29, 1.82) is 0 Å². The number of nitrogens with zero attached hydrogens (tertiary/aromatic N) is 3. The third-order valence-electron chi connectivity index (χ3n) is 3.04. The average molecular weight is 224 g/mol. The maximum atomic E-state index is 4.46. The third-order valence-corrected chi connectivity index (χ3v) is 3.04. The van der Waals surface area contributed by atoms with Crippen LogP contribution in [-0.2, 0) is 0 Å². The van der Waals surface area contributed by atoms with Gasteiger partial charge < -0.3 is 4.90 Å². The van der Waals surface area contributed by atoms with Crippen LogP contribution in [0.3, 0.4) is 0 Å². The summed E-state index contributed by atoms with van der Waals surface area (Å²) in [5.74, 6) is 0.990. The van der Waals surface area contributed by atoms with Gasteiger partial charge >= 0.3 is 0 Å². The van der Waals surface area contributed by atoms with Gasteiger partial charge in [0.1, 0.15) is 6.67 Å². The van der Waals surface area contributed by atoms with Crippen LogP contribution in [0, 0.1) is 13.6 Å². The van der Waals surface area contributed by atoms with Crippen molar-refractivity contribution < 1.29 is 0 Å². The van der Waals surface area contributed by atoms with Crippen LogP contribution in [-0.4, -0.2) is 12.0 Å². The van der Waals surface area contributed by atoms with Crippen molar-refractivity contribution in [2.75, 3.05) is 16.8 Å². The highest BCUT2D eigenvalue weighted by molar-refractivity contribution is 5.82. The molecule has 2 heterocycles. The highest BCUT2D eigenvalue weighted by Crippen LogP contribution is 2.40. The number of hydrogen-bond donors (Lipinski definition) is 0. The van der Waals surface area contributed by atoms with E-state index in [1.807, 2.05) is 19.3 Å². The summed E-state index contributed by atoms with van der Waals surface area (Å²) >= 11 is 0. The number of hydrogen-bond acceptors (Lipinski definition) is 3. The molecule has 85 valence electrons. The Morgan fingerprint density at radius 1 is 1.00 bits per heavy atom. The molecule has 0 spiro atoms. The minimum absolute atomic E-state index is 0.990. The number of fused-ring (bicyclic) bond motifs is 1. The molecule has 0 atom stereocenters. The van der Waals surface area contributed by atoms with E-state index in [9.17, 15) is 0 Å². The number of para-hydroxylation sites is 1. The average Bonchev–Trinajstić information content (AvgIpc) is 2.68. The van der Waals surface area contributed by atoms with Crippen LogP contribution in [0.1, 0.15) is 5.56 Å². The number of aryl methyl sites for hydroxylation is 1. The lowest BCUT2D eigenvalue weighted by Gasteiger charge is -2.19. The highest BCUT2D eigenvalue weighted by atomic mass is 15.4. The minimum atomic E-state index is 0.990. The summed E-state index contributed by atoms with van der Waals surface area (Å²) in [6.45, 7) is 4.18. The van der Waals surface area contributed by atoms with Crippen molar-refractivity contribution in [2.24, 2.45) is 0 Å². The van der Waals surface area contributed by atoms with E-state index in [0.29, 0.717) is 0 Å². The molecule has 0 N–H and O–H groups in total. The Labute approximate surface area is 101 Å². The van der Waals surface area contributed by atoms with Crippen LogP contribution >= 0.6 is 0 Å². The van der Waals surface area contributed by atoms with E-state index in [1.54, 1.807) is 0 Å². The van der Waals surface area contributed by atoms with E-state index >= 15 is 0 Å². The molecule has 0 fully saturated rings. The molecular weight excluding hydrogens is 210 g/mol. The zero-order valence-corrected chi connectivity index (χ0v) is 9.96. The normalized spacial score (nSPS) is 14.0. The SMILES string of the molecule is Cc1ccccc1N1[CH]N(C)c2cccnc21. The van der Waals surface area contributed by atoms with Gasteiger partial charge in [-0.2, -0.15) is 0 Å². The van der Waals surface area contributed by atoms with Crippen molar-refractivity contribution in [1.82, 2.24) is 4.98 Å². The second-order valence-electron chi connectivity index (χ2n) is 4.23. The summed E-state index contributed by atoms with van der Waals surface area (Å²) in [6.07, 6.45) is 1.83. The minimum Gasteiger partial charge on any atom is -0.348 e. The number of benzene rings is 1. The van der Waals surface area contributed by atoms with Gasteiger partial charge in [-0.25, -0.2) is 4.98 Å². The van der Waals surface area contributed by atoms with Gasteiger partial charge in [-0.05, 0) is 30.7 Å². The Balaban J connectivity index is 2.11. The van der Waals surface area contributed by atoms with E-state index in [1.165, 1.54) is 11.3 Å². The van der Waals surface area contributed by atoms with E-state index < -0.39 is 0 Å². The molecule has 1 aromatic heterocycles. The fourth-order valence-corrected chi connectivity index (χ4v) is 2.15. The molecule has 3 heteroatoms. The Hall–Kier alpha value is -2.03. The van der Waals surface area contributed by atoms with Crippen molar-refractivity contribution in [3.05, 3.63) is 54.8 Å². The first kappa shape index (κ1) is 10.1. The molecule has 17 heavy (non-hydrogen) atoms. The summed E-state index contributed by atoms with van der Waals surface area (Å²) in [5, 5.41) is 0. The topological polar surface area (TPSA) is 19.4 Å². The lowest BCUT2D eigenvalue weighted by Crippen LogP contribution is -2.18. The summed E-state index contributed by atoms with van der Waals surface area (Å²) in [7, 11) is 2.04. The predicted octanol–water partition coefficient (Wildman–Crippen LogP) is 3.10. The molecule has 0 unspecified atom stereocenters. The van der Waals surface area contributed by atoms with Gasteiger partial charge in [0, 0.05) is 18.9 Å². The van der Waals surface area contributed by atoms with Crippen LogP contribution in [0.5, 0.6) is 0 Å². The maximum Gasteiger partial charge on any atom is 0.158 e. The van der Waals surface area contributed by atoms with E-state index in [2.05, 4.69) is 58.7 Å². The van der Waals surface area contributed by atoms with Gasteiger partial charge in [0.2, 0.25) is 0 Å². The Morgan fingerprint density at radius 3 is 2.59 bits per heavy atom. The lowest BCUT2D eigenvalue weighted by molar-refractivity contribution is 1.07. The zero-order valence-electron chi connectivity index (χ0n) is 9.96. The van der Waals surface area contributed by atoms with Crippen LogP contribution < -0.4 is 9.80 Å². The predicted molar refractivity (Wildman–Crippen MR) is 70.3 cm³/mol. The molecule has 1 aromatic carbocycles. The molecule has 1 aliphatic heterocycles. The number of aromatic nitrogens is 1. The smallest absolute Gasteiger partial charge is 0.158 e. The van der Waals surface area contributed by atoms with Crippen LogP contribution in [0.2, 0.25) is 0 Å². The summed E-state index contributed by atoms with van der Waals surface area (Å²) in [5.41, 5.74) is 3.56. The fraction of sp³-hybridized carbons (Fsp3) is 0.143. The van der Waals surface area contributed by atoms with Crippen molar-refractivity contribution in [2.45, 2.75) is 6.92 Å². The molecular formula is C14H14N3. The second-order valence-corrected chi connectivity index (χ2v) is 4.23. The van der Waals surface area contributed by atoms with Gasteiger partial charge in [0.25, 0.3) is 0 Å². The van der Waals surface area contributed by atoms with Crippen molar-refractivity contribution in [3.63, 3.8) is 0 Å². The van der Waals surface area contributed by atoms with Gasteiger partial charge in [-0.15, -0.1) is 0 Å². The summed E-state index contributed by atoms with van der Waals surface area (Å²) in [4.78, 5) is 8.68. The van der Waals surface area contributed by atoms with Gasteiger partial charge in [0.05, 0.1) is 5.69 Å². The molecule has 3 rings (SSSR count). The largest absolute Gasteiger partial charge is 0.348 e. The van der Waals surface area contributed by atoms with Crippen molar-refractivity contribution in [3.8, 4) is 0 Å². The molecule has 2 aromatic rings. The highest BCUT2D eigenvalue weighted by Gasteiger charge is 2.26. The quantitative estimate of drug-likeness (QED) is 0.742. The first-order valence-electron chi connectivity index (χ1n) is 5.65. The summed E-state index contributed by atoms with van der Waals surface area (Å²) < 4.78 is 0. The van der Waals surface area contributed by atoms with Gasteiger partial charge in [-0.1, -0.05) is 18.2 Å². The van der Waals surface area contributed by atoms with Crippen LogP contribution in [0.15, 0.2) is 42.6 Å².